The number of carbonyl (C=O) groups excluding carboxylic acids is 1. The number of guanidine groups is 1. The van der Waals surface area contributed by atoms with Crippen molar-refractivity contribution < 1.29 is 9.53 Å². The molecule has 10 heteroatoms. The quantitative estimate of drug-likeness (QED) is 0.283. The summed E-state index contributed by atoms with van der Waals surface area (Å²) in [6.07, 6.45) is 0. The van der Waals surface area contributed by atoms with Gasteiger partial charge in [-0.25, -0.2) is 4.99 Å². The molecule has 0 aromatic carbocycles. The summed E-state index contributed by atoms with van der Waals surface area (Å²) in [6, 6.07) is 4.12. The Morgan fingerprint density at radius 3 is 2.82 bits per heavy atom. The largest absolute Gasteiger partial charge is 0.469 e. The SMILES string of the molecule is COC(=O)C1CN(C(=NCc2nnc(C)n2C)NCc2cccs2)CC1C.I. The number of rotatable bonds is 5. The van der Waals surface area contributed by atoms with Crippen LogP contribution in [-0.2, 0) is 29.7 Å². The summed E-state index contributed by atoms with van der Waals surface area (Å²) in [6.45, 7) is 6.47. The lowest BCUT2D eigenvalue weighted by atomic mass is 9.99. The van der Waals surface area contributed by atoms with E-state index < -0.39 is 0 Å². The van der Waals surface area contributed by atoms with Crippen molar-refractivity contribution >= 4 is 47.2 Å². The predicted octanol–water partition coefficient (Wildman–Crippen LogP) is 2.19. The van der Waals surface area contributed by atoms with Crippen LogP contribution in [0.4, 0.5) is 0 Å². The molecular weight excluding hydrogens is 491 g/mol. The number of likely N-dealkylation sites (tertiary alicyclic amines) is 1. The monoisotopic (exact) mass is 518 g/mol. The Morgan fingerprint density at radius 2 is 2.21 bits per heavy atom. The highest BCUT2D eigenvalue weighted by Gasteiger charge is 2.37. The predicted molar refractivity (Wildman–Crippen MR) is 120 cm³/mol. The summed E-state index contributed by atoms with van der Waals surface area (Å²) in [5.74, 6) is 2.35. The number of ether oxygens (including phenoxy) is 1. The van der Waals surface area contributed by atoms with E-state index >= 15 is 0 Å². The van der Waals surface area contributed by atoms with Gasteiger partial charge in [-0.3, -0.25) is 4.79 Å². The van der Waals surface area contributed by atoms with E-state index in [1.54, 1.807) is 11.3 Å². The maximum Gasteiger partial charge on any atom is 0.310 e. The van der Waals surface area contributed by atoms with E-state index in [-0.39, 0.29) is 41.8 Å². The number of aliphatic imine (C=N–C) groups is 1. The molecule has 0 amide bonds. The van der Waals surface area contributed by atoms with Gasteiger partial charge < -0.3 is 19.5 Å². The first-order valence-corrected chi connectivity index (χ1v) is 9.86. The maximum absolute atomic E-state index is 12.0. The highest BCUT2D eigenvalue weighted by Crippen LogP contribution is 2.24. The molecule has 1 saturated heterocycles. The Hall–Kier alpha value is -1.69. The van der Waals surface area contributed by atoms with Crippen LogP contribution in [0.15, 0.2) is 22.5 Å². The minimum Gasteiger partial charge on any atom is -0.469 e. The van der Waals surface area contributed by atoms with Crippen molar-refractivity contribution in [2.24, 2.45) is 23.9 Å². The molecule has 0 aliphatic carbocycles. The lowest BCUT2D eigenvalue weighted by Gasteiger charge is -2.22. The van der Waals surface area contributed by atoms with Crippen LogP contribution < -0.4 is 5.32 Å². The molecule has 2 aromatic rings. The molecule has 0 saturated carbocycles. The molecule has 1 N–H and O–H groups in total. The van der Waals surface area contributed by atoms with Crippen LogP contribution in [0.2, 0.25) is 0 Å². The average molecular weight is 518 g/mol. The molecule has 0 radical (unpaired) electrons. The van der Waals surface area contributed by atoms with Gasteiger partial charge >= 0.3 is 5.97 Å². The average Bonchev–Trinajstić information content (AvgIpc) is 3.38. The van der Waals surface area contributed by atoms with Gasteiger partial charge in [0.2, 0.25) is 0 Å². The number of esters is 1. The van der Waals surface area contributed by atoms with E-state index in [0.717, 1.165) is 24.2 Å². The van der Waals surface area contributed by atoms with Gasteiger partial charge in [0.1, 0.15) is 12.4 Å². The zero-order valence-electron chi connectivity index (χ0n) is 16.6. The van der Waals surface area contributed by atoms with E-state index in [4.69, 9.17) is 9.73 Å². The number of halogens is 1. The first-order chi connectivity index (χ1) is 13.0. The highest BCUT2D eigenvalue weighted by molar-refractivity contribution is 14.0. The normalized spacial score (nSPS) is 19.4. The second kappa shape index (κ2) is 10.2. The highest BCUT2D eigenvalue weighted by atomic mass is 127. The lowest BCUT2D eigenvalue weighted by Crippen LogP contribution is -2.40. The summed E-state index contributed by atoms with van der Waals surface area (Å²) in [4.78, 5) is 20.2. The van der Waals surface area contributed by atoms with E-state index in [1.165, 1.54) is 12.0 Å². The summed E-state index contributed by atoms with van der Waals surface area (Å²) < 4.78 is 6.89. The van der Waals surface area contributed by atoms with Gasteiger partial charge in [-0.1, -0.05) is 13.0 Å². The zero-order valence-corrected chi connectivity index (χ0v) is 19.7. The molecule has 3 rings (SSSR count). The van der Waals surface area contributed by atoms with Gasteiger partial charge in [0, 0.05) is 25.0 Å². The van der Waals surface area contributed by atoms with Crippen LogP contribution in [0.5, 0.6) is 0 Å². The molecular formula is C18H27IN6O2S. The molecule has 3 heterocycles. The fourth-order valence-electron chi connectivity index (χ4n) is 3.18. The van der Waals surface area contributed by atoms with Crippen molar-refractivity contribution in [3.8, 4) is 0 Å². The molecule has 2 aromatic heterocycles. The summed E-state index contributed by atoms with van der Waals surface area (Å²) in [7, 11) is 3.38. The van der Waals surface area contributed by atoms with Gasteiger partial charge in [-0.15, -0.1) is 45.5 Å². The lowest BCUT2D eigenvalue weighted by molar-refractivity contribution is -0.145. The van der Waals surface area contributed by atoms with E-state index in [2.05, 4.69) is 38.8 Å². The Bertz CT molecular complexity index is 807. The van der Waals surface area contributed by atoms with Crippen molar-refractivity contribution in [2.75, 3.05) is 20.2 Å². The number of thiophene rings is 1. The van der Waals surface area contributed by atoms with Gasteiger partial charge in [0.05, 0.1) is 19.6 Å². The Balaban J connectivity index is 0.00000280. The van der Waals surface area contributed by atoms with Crippen molar-refractivity contribution in [1.29, 1.82) is 0 Å². The fraction of sp³-hybridized carbons (Fsp3) is 0.556. The minimum atomic E-state index is -0.161. The van der Waals surface area contributed by atoms with Crippen LogP contribution in [0.3, 0.4) is 0 Å². The third-order valence-corrected chi connectivity index (χ3v) is 5.85. The van der Waals surface area contributed by atoms with Crippen LogP contribution in [-0.4, -0.2) is 51.8 Å². The third kappa shape index (κ3) is 5.22. The van der Waals surface area contributed by atoms with Crippen LogP contribution >= 0.6 is 35.3 Å². The molecule has 0 spiro atoms. The molecule has 2 atom stereocenters. The van der Waals surface area contributed by atoms with Gasteiger partial charge in [0.15, 0.2) is 11.8 Å². The first kappa shape index (κ1) is 22.6. The zero-order chi connectivity index (χ0) is 19.4. The Morgan fingerprint density at radius 1 is 1.43 bits per heavy atom. The number of nitrogens with zero attached hydrogens (tertiary/aromatic N) is 5. The minimum absolute atomic E-state index is 0. The van der Waals surface area contributed by atoms with Gasteiger partial charge in [0.25, 0.3) is 0 Å². The molecule has 1 fully saturated rings. The summed E-state index contributed by atoms with van der Waals surface area (Å²) in [5, 5.41) is 13.8. The van der Waals surface area contributed by atoms with Gasteiger partial charge in [-0.2, -0.15) is 0 Å². The number of hydrogen-bond acceptors (Lipinski definition) is 6. The van der Waals surface area contributed by atoms with Gasteiger partial charge in [-0.05, 0) is 24.3 Å². The molecule has 0 bridgehead atoms. The second-order valence-corrected chi connectivity index (χ2v) is 7.84. The van der Waals surface area contributed by atoms with E-state index in [0.29, 0.717) is 19.6 Å². The molecule has 28 heavy (non-hydrogen) atoms. The number of carbonyl (C=O) groups is 1. The molecule has 1 aliphatic heterocycles. The fourth-order valence-corrected chi connectivity index (χ4v) is 3.82. The number of methoxy groups -OCH3 is 1. The number of hydrogen-bond donors (Lipinski definition) is 1. The Kier molecular flexibility index (Phi) is 8.23. The summed E-state index contributed by atoms with van der Waals surface area (Å²) in [5.41, 5.74) is 0. The maximum atomic E-state index is 12.0. The Labute approximate surface area is 186 Å². The number of aryl methyl sites for hydroxylation is 1. The number of nitrogens with one attached hydrogen (secondary N) is 1. The molecule has 154 valence electrons. The topological polar surface area (TPSA) is 84.6 Å². The molecule has 2 unspecified atom stereocenters. The van der Waals surface area contributed by atoms with Crippen molar-refractivity contribution in [3.05, 3.63) is 34.0 Å². The third-order valence-electron chi connectivity index (χ3n) is 4.97. The van der Waals surface area contributed by atoms with Crippen molar-refractivity contribution in [1.82, 2.24) is 25.0 Å². The second-order valence-electron chi connectivity index (χ2n) is 6.81. The smallest absolute Gasteiger partial charge is 0.310 e. The number of aromatic nitrogens is 3. The molecule has 1 aliphatic rings. The molecule has 8 nitrogen and oxygen atoms in total. The van der Waals surface area contributed by atoms with Crippen molar-refractivity contribution in [2.45, 2.75) is 26.9 Å². The first-order valence-electron chi connectivity index (χ1n) is 8.98. The van der Waals surface area contributed by atoms with E-state index in [1.807, 2.05) is 24.6 Å². The van der Waals surface area contributed by atoms with Crippen LogP contribution in [0, 0.1) is 18.8 Å². The summed E-state index contributed by atoms with van der Waals surface area (Å²) >= 11 is 1.70. The van der Waals surface area contributed by atoms with Crippen molar-refractivity contribution in [3.63, 3.8) is 0 Å². The van der Waals surface area contributed by atoms with Crippen LogP contribution in [0.1, 0.15) is 23.4 Å². The van der Waals surface area contributed by atoms with E-state index in [9.17, 15) is 4.79 Å². The standard InChI is InChI=1S/C18H26N6O2S.HI/c1-12-10-24(11-15(12)17(25)26-4)18(19-8-14-6-5-7-27-14)20-9-16-22-21-13(2)23(16)3;/h5-7,12,15H,8-11H2,1-4H3,(H,19,20);1H. The van der Waals surface area contributed by atoms with Crippen LogP contribution in [0.25, 0.3) is 0 Å².